The zero-order chi connectivity index (χ0) is 17.6. The SMILES string of the molecule is CC[C@@H]1CN([C@@H](CO)c2ccccc2)C[C@H](CO)[C@@H]1c1ccccc1. The van der Waals surface area contributed by atoms with Gasteiger partial charge in [0.05, 0.1) is 12.6 Å². The fourth-order valence-corrected chi connectivity index (χ4v) is 4.42. The lowest BCUT2D eigenvalue weighted by Crippen LogP contribution is -2.48. The number of piperidine rings is 1. The van der Waals surface area contributed by atoms with Gasteiger partial charge in [0.15, 0.2) is 0 Å². The zero-order valence-electron chi connectivity index (χ0n) is 15.0. The topological polar surface area (TPSA) is 43.7 Å². The summed E-state index contributed by atoms with van der Waals surface area (Å²) >= 11 is 0. The second kappa shape index (κ2) is 8.61. The lowest BCUT2D eigenvalue weighted by molar-refractivity contribution is 0.0162. The highest BCUT2D eigenvalue weighted by Gasteiger charge is 2.38. The van der Waals surface area contributed by atoms with Crippen molar-refractivity contribution in [1.29, 1.82) is 0 Å². The molecule has 3 nitrogen and oxygen atoms in total. The maximum absolute atomic E-state index is 10.1. The smallest absolute Gasteiger partial charge is 0.0628 e. The molecule has 0 spiro atoms. The van der Waals surface area contributed by atoms with Crippen molar-refractivity contribution in [3.8, 4) is 0 Å². The molecule has 3 rings (SSSR count). The number of likely N-dealkylation sites (tertiary alicyclic amines) is 1. The maximum Gasteiger partial charge on any atom is 0.0628 e. The van der Waals surface area contributed by atoms with Crippen molar-refractivity contribution in [3.05, 3.63) is 71.8 Å². The van der Waals surface area contributed by atoms with Gasteiger partial charge in [-0.1, -0.05) is 74.0 Å². The minimum absolute atomic E-state index is 0.000948. The molecule has 134 valence electrons. The van der Waals surface area contributed by atoms with E-state index in [2.05, 4.69) is 48.2 Å². The molecule has 2 N–H and O–H groups in total. The van der Waals surface area contributed by atoms with E-state index in [1.807, 2.05) is 24.3 Å². The van der Waals surface area contributed by atoms with Crippen LogP contribution in [0, 0.1) is 11.8 Å². The first kappa shape index (κ1) is 18.1. The Balaban J connectivity index is 1.86. The van der Waals surface area contributed by atoms with Gasteiger partial charge in [-0.05, 0) is 23.0 Å². The van der Waals surface area contributed by atoms with Crippen LogP contribution in [0.5, 0.6) is 0 Å². The van der Waals surface area contributed by atoms with Crippen molar-refractivity contribution >= 4 is 0 Å². The number of aliphatic hydroxyl groups is 2. The van der Waals surface area contributed by atoms with Crippen LogP contribution in [-0.2, 0) is 0 Å². The maximum atomic E-state index is 10.1. The van der Waals surface area contributed by atoms with E-state index in [1.165, 1.54) is 5.56 Å². The Bertz CT molecular complexity index is 617. The quantitative estimate of drug-likeness (QED) is 0.847. The van der Waals surface area contributed by atoms with Gasteiger partial charge < -0.3 is 10.2 Å². The first-order valence-electron chi connectivity index (χ1n) is 9.34. The first-order chi connectivity index (χ1) is 12.3. The Morgan fingerprint density at radius 1 is 0.920 bits per heavy atom. The normalized spacial score (nSPS) is 25.6. The number of rotatable bonds is 6. The van der Waals surface area contributed by atoms with Crippen molar-refractivity contribution in [3.63, 3.8) is 0 Å². The highest BCUT2D eigenvalue weighted by atomic mass is 16.3. The summed E-state index contributed by atoms with van der Waals surface area (Å²) in [6.45, 7) is 4.28. The third-order valence-electron chi connectivity index (χ3n) is 5.70. The van der Waals surface area contributed by atoms with Crippen LogP contribution in [0.1, 0.15) is 36.4 Å². The molecule has 0 amide bonds. The number of hydrogen-bond acceptors (Lipinski definition) is 3. The van der Waals surface area contributed by atoms with Crippen molar-refractivity contribution in [2.75, 3.05) is 26.3 Å². The average molecular weight is 339 g/mol. The van der Waals surface area contributed by atoms with Gasteiger partial charge in [-0.25, -0.2) is 0 Å². The minimum atomic E-state index is 0.000948. The van der Waals surface area contributed by atoms with E-state index < -0.39 is 0 Å². The van der Waals surface area contributed by atoms with E-state index in [4.69, 9.17) is 0 Å². The standard InChI is InChI=1S/C22H29NO2/c1-2-17-13-23(21(16-25)18-9-5-3-6-10-18)14-20(15-24)22(17)19-11-7-4-8-12-19/h3-12,17,20-22,24-25H,2,13-16H2,1H3/t17-,20-,21+,22+/m1/s1. The van der Waals surface area contributed by atoms with Gasteiger partial charge in [-0.3, -0.25) is 4.90 Å². The van der Waals surface area contributed by atoms with E-state index >= 15 is 0 Å². The van der Waals surface area contributed by atoms with E-state index in [-0.39, 0.29) is 25.2 Å². The number of benzene rings is 2. The van der Waals surface area contributed by atoms with Gasteiger partial charge in [-0.2, -0.15) is 0 Å². The van der Waals surface area contributed by atoms with E-state index in [0.717, 1.165) is 25.1 Å². The van der Waals surface area contributed by atoms with Crippen molar-refractivity contribution in [2.24, 2.45) is 11.8 Å². The highest BCUT2D eigenvalue weighted by Crippen LogP contribution is 2.41. The summed E-state index contributed by atoms with van der Waals surface area (Å²) in [7, 11) is 0. The molecular weight excluding hydrogens is 310 g/mol. The third kappa shape index (κ3) is 3.95. The van der Waals surface area contributed by atoms with Crippen molar-refractivity contribution in [2.45, 2.75) is 25.3 Å². The number of hydrogen-bond donors (Lipinski definition) is 2. The summed E-state index contributed by atoms with van der Waals surface area (Å²) in [4.78, 5) is 2.36. The molecule has 1 fully saturated rings. The fourth-order valence-electron chi connectivity index (χ4n) is 4.42. The lowest BCUT2D eigenvalue weighted by Gasteiger charge is -2.46. The van der Waals surface area contributed by atoms with Gasteiger partial charge in [0.2, 0.25) is 0 Å². The highest BCUT2D eigenvalue weighted by molar-refractivity contribution is 5.24. The van der Waals surface area contributed by atoms with Crippen LogP contribution in [0.4, 0.5) is 0 Å². The van der Waals surface area contributed by atoms with Crippen LogP contribution >= 0.6 is 0 Å². The molecule has 2 aromatic carbocycles. The molecule has 0 aromatic heterocycles. The predicted molar refractivity (Wildman–Crippen MR) is 101 cm³/mol. The molecule has 25 heavy (non-hydrogen) atoms. The summed E-state index contributed by atoms with van der Waals surface area (Å²) < 4.78 is 0. The minimum Gasteiger partial charge on any atom is -0.396 e. The second-order valence-electron chi connectivity index (χ2n) is 7.11. The molecule has 4 atom stereocenters. The summed E-state index contributed by atoms with van der Waals surface area (Å²) in [5.41, 5.74) is 2.48. The summed E-state index contributed by atoms with van der Waals surface area (Å²) in [6.07, 6.45) is 1.07. The Kier molecular flexibility index (Phi) is 6.24. The van der Waals surface area contributed by atoms with Crippen LogP contribution in [0.25, 0.3) is 0 Å². The molecule has 1 aliphatic rings. The molecule has 0 unspecified atom stereocenters. The molecule has 0 aliphatic carbocycles. The molecular formula is C22H29NO2. The van der Waals surface area contributed by atoms with E-state index in [9.17, 15) is 10.2 Å². The first-order valence-corrected chi connectivity index (χ1v) is 9.34. The van der Waals surface area contributed by atoms with Crippen molar-refractivity contribution < 1.29 is 10.2 Å². The van der Waals surface area contributed by atoms with Crippen molar-refractivity contribution in [1.82, 2.24) is 4.90 Å². The lowest BCUT2D eigenvalue weighted by atomic mass is 9.72. The van der Waals surface area contributed by atoms with Crippen LogP contribution in [0.15, 0.2) is 60.7 Å². The summed E-state index contributed by atoms with van der Waals surface area (Å²) in [5.74, 6) is 1.05. The summed E-state index contributed by atoms with van der Waals surface area (Å²) in [6, 6.07) is 20.8. The molecule has 3 heteroatoms. The summed E-state index contributed by atoms with van der Waals surface area (Å²) in [5, 5.41) is 20.1. The Morgan fingerprint density at radius 3 is 2.08 bits per heavy atom. The van der Waals surface area contributed by atoms with Gasteiger partial charge in [0, 0.05) is 25.6 Å². The van der Waals surface area contributed by atoms with Gasteiger partial charge in [0.25, 0.3) is 0 Å². The molecule has 1 aliphatic heterocycles. The van der Waals surface area contributed by atoms with Crippen LogP contribution in [0.2, 0.25) is 0 Å². The Hall–Kier alpha value is -1.68. The largest absolute Gasteiger partial charge is 0.396 e. The zero-order valence-corrected chi connectivity index (χ0v) is 15.0. The second-order valence-corrected chi connectivity index (χ2v) is 7.11. The molecule has 0 bridgehead atoms. The molecule has 1 heterocycles. The average Bonchev–Trinajstić information content (AvgIpc) is 2.69. The monoisotopic (exact) mass is 339 g/mol. The van der Waals surface area contributed by atoms with Gasteiger partial charge in [0.1, 0.15) is 0 Å². The van der Waals surface area contributed by atoms with Crippen LogP contribution in [-0.4, -0.2) is 41.4 Å². The molecule has 2 aromatic rings. The molecule has 1 saturated heterocycles. The predicted octanol–water partition coefficient (Wildman–Crippen LogP) is 3.45. The Labute approximate surface area is 150 Å². The number of nitrogens with zero attached hydrogens (tertiary/aromatic N) is 1. The van der Waals surface area contributed by atoms with E-state index in [1.54, 1.807) is 0 Å². The van der Waals surface area contributed by atoms with Gasteiger partial charge >= 0.3 is 0 Å². The number of aliphatic hydroxyl groups excluding tert-OH is 2. The third-order valence-corrected chi connectivity index (χ3v) is 5.70. The van der Waals surface area contributed by atoms with E-state index in [0.29, 0.717) is 11.8 Å². The van der Waals surface area contributed by atoms with Gasteiger partial charge in [-0.15, -0.1) is 0 Å². The fraction of sp³-hybridized carbons (Fsp3) is 0.455. The van der Waals surface area contributed by atoms with Crippen LogP contribution in [0.3, 0.4) is 0 Å². The molecule has 0 radical (unpaired) electrons. The Morgan fingerprint density at radius 2 is 1.52 bits per heavy atom. The molecule has 0 saturated carbocycles. The van der Waals surface area contributed by atoms with Crippen LogP contribution < -0.4 is 0 Å².